The Bertz CT molecular complexity index is 336. The molecule has 0 aliphatic heterocycles. The van der Waals surface area contributed by atoms with Crippen molar-refractivity contribution in [3.05, 3.63) is 35.9 Å². The third-order valence-corrected chi connectivity index (χ3v) is 3.92. The Balaban J connectivity index is 2.57. The van der Waals surface area contributed by atoms with Gasteiger partial charge in [-0.1, -0.05) is 51.1 Å². The maximum Gasteiger partial charge on any atom is 0.0827 e. The highest BCUT2D eigenvalue weighted by molar-refractivity contribution is 5.17. The highest BCUT2D eigenvalue weighted by Crippen LogP contribution is 2.23. The fraction of sp³-hybridized carbons (Fsp3) is 0.625. The minimum absolute atomic E-state index is 0.235. The molecule has 3 atom stereocenters. The summed E-state index contributed by atoms with van der Waals surface area (Å²) < 4.78 is 0. The average Bonchev–Trinajstić information content (AvgIpc) is 2.37. The number of hydrogen-bond acceptors (Lipinski definition) is 2. The molecule has 0 aliphatic rings. The van der Waals surface area contributed by atoms with Crippen molar-refractivity contribution in [2.24, 2.45) is 11.8 Å². The Morgan fingerprint density at radius 3 is 2.11 bits per heavy atom. The zero-order valence-electron chi connectivity index (χ0n) is 12.3. The molecule has 1 aromatic carbocycles. The van der Waals surface area contributed by atoms with Gasteiger partial charge in [-0.15, -0.1) is 0 Å². The average molecular weight is 249 g/mol. The summed E-state index contributed by atoms with van der Waals surface area (Å²) in [6, 6.07) is 10.5. The molecule has 0 spiro atoms. The van der Waals surface area contributed by atoms with Crippen LogP contribution in [-0.2, 0) is 0 Å². The molecule has 0 saturated heterocycles. The number of benzene rings is 1. The lowest BCUT2D eigenvalue weighted by atomic mass is 9.95. The topological polar surface area (TPSA) is 23.5 Å². The molecule has 0 radical (unpaired) electrons. The Kier molecular flexibility index (Phi) is 5.83. The molecule has 0 heterocycles. The van der Waals surface area contributed by atoms with Crippen LogP contribution in [0, 0.1) is 11.8 Å². The van der Waals surface area contributed by atoms with Gasteiger partial charge in [-0.2, -0.15) is 0 Å². The minimum atomic E-state index is -0.381. The van der Waals surface area contributed by atoms with Crippen molar-refractivity contribution in [2.75, 3.05) is 13.6 Å². The summed E-state index contributed by atoms with van der Waals surface area (Å²) in [6.07, 6.45) is -0.381. The van der Waals surface area contributed by atoms with E-state index in [1.807, 2.05) is 30.3 Å². The van der Waals surface area contributed by atoms with E-state index in [0.717, 1.165) is 12.1 Å². The van der Waals surface area contributed by atoms with Crippen molar-refractivity contribution in [1.82, 2.24) is 4.90 Å². The van der Waals surface area contributed by atoms with E-state index in [0.29, 0.717) is 12.0 Å². The number of hydrogen-bond donors (Lipinski definition) is 1. The molecular formula is C16H27NO. The smallest absolute Gasteiger partial charge is 0.0827 e. The molecule has 0 amide bonds. The first kappa shape index (κ1) is 15.2. The van der Waals surface area contributed by atoms with Gasteiger partial charge in [0.2, 0.25) is 0 Å². The van der Waals surface area contributed by atoms with Crippen LogP contribution in [-0.4, -0.2) is 29.6 Å². The van der Waals surface area contributed by atoms with Crippen molar-refractivity contribution in [1.29, 1.82) is 0 Å². The number of aliphatic hydroxyl groups is 1. The van der Waals surface area contributed by atoms with Gasteiger partial charge >= 0.3 is 0 Å². The van der Waals surface area contributed by atoms with Crippen molar-refractivity contribution in [3.63, 3.8) is 0 Å². The van der Waals surface area contributed by atoms with Crippen molar-refractivity contribution in [2.45, 2.75) is 39.8 Å². The molecule has 0 bridgehead atoms. The third kappa shape index (κ3) is 4.11. The maximum absolute atomic E-state index is 10.3. The lowest BCUT2D eigenvalue weighted by Gasteiger charge is -2.31. The van der Waals surface area contributed by atoms with E-state index in [4.69, 9.17) is 0 Å². The summed E-state index contributed by atoms with van der Waals surface area (Å²) in [4.78, 5) is 2.33. The molecule has 1 rings (SSSR count). The van der Waals surface area contributed by atoms with Gasteiger partial charge in [0.15, 0.2) is 0 Å². The number of nitrogens with zero attached hydrogens (tertiary/aromatic N) is 1. The lowest BCUT2D eigenvalue weighted by Crippen LogP contribution is -2.37. The predicted octanol–water partition coefficient (Wildman–Crippen LogP) is 3.33. The quantitative estimate of drug-likeness (QED) is 0.836. The van der Waals surface area contributed by atoms with Gasteiger partial charge in [-0.3, -0.25) is 0 Å². The second kappa shape index (κ2) is 6.91. The first-order valence-corrected chi connectivity index (χ1v) is 6.86. The molecule has 0 saturated carbocycles. The molecule has 1 aromatic rings. The Hall–Kier alpha value is -0.860. The van der Waals surface area contributed by atoms with Gasteiger partial charge in [0.1, 0.15) is 0 Å². The molecule has 2 heteroatoms. The van der Waals surface area contributed by atoms with E-state index in [1.165, 1.54) is 0 Å². The standard InChI is InChI=1S/C16H27NO/c1-12(2)14(4)17(5)11-13(3)16(18)15-9-7-6-8-10-15/h6-10,12-14,16,18H,11H2,1-5H3. The molecule has 3 unspecified atom stereocenters. The van der Waals surface area contributed by atoms with Gasteiger partial charge in [0.25, 0.3) is 0 Å². The highest BCUT2D eigenvalue weighted by Gasteiger charge is 2.21. The first-order chi connectivity index (χ1) is 8.43. The van der Waals surface area contributed by atoms with E-state index >= 15 is 0 Å². The molecular weight excluding hydrogens is 222 g/mol. The van der Waals surface area contributed by atoms with Crippen LogP contribution in [0.2, 0.25) is 0 Å². The molecule has 2 nitrogen and oxygen atoms in total. The number of aliphatic hydroxyl groups excluding tert-OH is 1. The fourth-order valence-electron chi connectivity index (χ4n) is 2.21. The second-order valence-corrected chi connectivity index (χ2v) is 5.76. The van der Waals surface area contributed by atoms with Gasteiger partial charge < -0.3 is 10.0 Å². The Morgan fingerprint density at radius 2 is 1.61 bits per heavy atom. The number of rotatable bonds is 6. The summed E-state index contributed by atoms with van der Waals surface area (Å²) in [5.74, 6) is 0.870. The van der Waals surface area contributed by atoms with Crippen LogP contribution in [0.15, 0.2) is 30.3 Å². The third-order valence-electron chi connectivity index (χ3n) is 3.92. The summed E-state index contributed by atoms with van der Waals surface area (Å²) in [7, 11) is 2.14. The van der Waals surface area contributed by atoms with E-state index in [-0.39, 0.29) is 12.0 Å². The fourth-order valence-corrected chi connectivity index (χ4v) is 2.21. The van der Waals surface area contributed by atoms with Crippen LogP contribution < -0.4 is 0 Å². The van der Waals surface area contributed by atoms with Crippen molar-refractivity contribution < 1.29 is 5.11 Å². The van der Waals surface area contributed by atoms with Gasteiger partial charge in [0, 0.05) is 12.6 Å². The normalized spacial score (nSPS) is 16.9. The van der Waals surface area contributed by atoms with E-state index in [2.05, 4.69) is 39.6 Å². The maximum atomic E-state index is 10.3. The highest BCUT2D eigenvalue weighted by atomic mass is 16.3. The van der Waals surface area contributed by atoms with Gasteiger partial charge in [0.05, 0.1) is 6.10 Å². The lowest BCUT2D eigenvalue weighted by molar-refractivity contribution is 0.0786. The van der Waals surface area contributed by atoms with Gasteiger partial charge in [-0.25, -0.2) is 0 Å². The molecule has 102 valence electrons. The summed E-state index contributed by atoms with van der Waals surface area (Å²) in [6.45, 7) is 9.74. The summed E-state index contributed by atoms with van der Waals surface area (Å²) >= 11 is 0. The predicted molar refractivity (Wildman–Crippen MR) is 77.5 cm³/mol. The van der Waals surface area contributed by atoms with Crippen molar-refractivity contribution in [3.8, 4) is 0 Å². The van der Waals surface area contributed by atoms with E-state index in [1.54, 1.807) is 0 Å². The molecule has 18 heavy (non-hydrogen) atoms. The van der Waals surface area contributed by atoms with Crippen LogP contribution >= 0.6 is 0 Å². The molecule has 0 aromatic heterocycles. The summed E-state index contributed by atoms with van der Waals surface area (Å²) in [5, 5.41) is 10.3. The van der Waals surface area contributed by atoms with Crippen LogP contribution in [0.25, 0.3) is 0 Å². The van der Waals surface area contributed by atoms with Gasteiger partial charge in [-0.05, 0) is 31.4 Å². The minimum Gasteiger partial charge on any atom is -0.388 e. The Labute approximate surface area is 112 Å². The molecule has 1 N–H and O–H groups in total. The van der Waals surface area contributed by atoms with Crippen LogP contribution in [0.4, 0.5) is 0 Å². The van der Waals surface area contributed by atoms with Crippen molar-refractivity contribution >= 4 is 0 Å². The zero-order valence-corrected chi connectivity index (χ0v) is 12.3. The molecule has 0 fully saturated rings. The molecule has 0 aliphatic carbocycles. The zero-order chi connectivity index (χ0) is 13.7. The Morgan fingerprint density at radius 1 is 1.06 bits per heavy atom. The van der Waals surface area contributed by atoms with E-state index < -0.39 is 0 Å². The van der Waals surface area contributed by atoms with Crippen LogP contribution in [0.1, 0.15) is 39.4 Å². The largest absolute Gasteiger partial charge is 0.388 e. The monoisotopic (exact) mass is 249 g/mol. The SMILES string of the molecule is CC(C)C(C)N(C)CC(C)C(O)c1ccccc1. The summed E-state index contributed by atoms with van der Waals surface area (Å²) in [5.41, 5.74) is 1.01. The first-order valence-electron chi connectivity index (χ1n) is 6.86. The van der Waals surface area contributed by atoms with Crippen LogP contribution in [0.3, 0.4) is 0 Å². The second-order valence-electron chi connectivity index (χ2n) is 5.76. The van der Waals surface area contributed by atoms with Crippen LogP contribution in [0.5, 0.6) is 0 Å². The van der Waals surface area contributed by atoms with E-state index in [9.17, 15) is 5.11 Å².